The lowest BCUT2D eigenvalue weighted by atomic mass is 9.78. The Labute approximate surface area is 132 Å². The number of rotatable bonds is 3. The minimum Gasteiger partial charge on any atom is -0.444 e. The Bertz CT molecular complexity index is 511. The number of ether oxygens (including phenoxy) is 2. The molecule has 3 atom stereocenters. The number of carbonyl (C=O) groups excluding carboxylic acids is 1. The van der Waals surface area contributed by atoms with Gasteiger partial charge in [0.15, 0.2) is 0 Å². The van der Waals surface area contributed by atoms with Gasteiger partial charge in [0.1, 0.15) is 5.60 Å². The molecule has 2 aliphatic heterocycles. The predicted octanol–water partition coefficient (Wildman–Crippen LogP) is 3.74. The lowest BCUT2D eigenvalue weighted by molar-refractivity contribution is -0.107. The normalized spacial score (nSPS) is 27.2. The first-order valence-corrected chi connectivity index (χ1v) is 8.09. The molecule has 4 nitrogen and oxygen atoms in total. The summed E-state index contributed by atoms with van der Waals surface area (Å²) in [5.74, 6) is 0. The molecule has 1 aromatic rings. The summed E-state index contributed by atoms with van der Waals surface area (Å²) in [6, 6.07) is 10.8. The number of amides is 1. The molecule has 2 heterocycles. The van der Waals surface area contributed by atoms with Crippen LogP contribution in [0, 0.1) is 0 Å². The maximum Gasteiger partial charge on any atom is 0.410 e. The van der Waals surface area contributed by atoms with E-state index in [1.165, 1.54) is 5.56 Å². The highest BCUT2D eigenvalue weighted by atomic mass is 16.6. The molecule has 1 aliphatic carbocycles. The third kappa shape index (κ3) is 3.43. The second-order valence-corrected chi connectivity index (χ2v) is 7.32. The molecular weight excluding hydrogens is 278 g/mol. The van der Waals surface area contributed by atoms with E-state index in [0.29, 0.717) is 6.61 Å². The number of carbonyl (C=O) groups is 1. The molecule has 2 bridgehead atoms. The quantitative estimate of drug-likeness (QED) is 0.853. The topological polar surface area (TPSA) is 38.8 Å². The van der Waals surface area contributed by atoms with Crippen molar-refractivity contribution < 1.29 is 14.3 Å². The first-order valence-electron chi connectivity index (χ1n) is 8.09. The lowest BCUT2D eigenvalue weighted by Crippen LogP contribution is -2.64. The largest absolute Gasteiger partial charge is 0.444 e. The molecule has 1 aromatic carbocycles. The van der Waals surface area contributed by atoms with Crippen molar-refractivity contribution >= 4 is 6.09 Å². The number of hydrogen-bond donors (Lipinski definition) is 0. The van der Waals surface area contributed by atoms with Gasteiger partial charge >= 0.3 is 6.09 Å². The van der Waals surface area contributed by atoms with E-state index < -0.39 is 5.60 Å². The van der Waals surface area contributed by atoms with Gasteiger partial charge in [0.2, 0.25) is 0 Å². The summed E-state index contributed by atoms with van der Waals surface area (Å²) in [7, 11) is 0. The summed E-state index contributed by atoms with van der Waals surface area (Å²) in [6.45, 7) is 6.38. The van der Waals surface area contributed by atoms with Gasteiger partial charge in [0, 0.05) is 12.1 Å². The van der Waals surface area contributed by atoms with Crippen LogP contribution in [-0.2, 0) is 16.1 Å². The maximum absolute atomic E-state index is 12.2. The van der Waals surface area contributed by atoms with Crippen LogP contribution in [0.4, 0.5) is 4.79 Å². The SMILES string of the molecule is CC(C)(C)OC(=O)N1C2CC(OCc3ccccc3)C[C@@H]1C2. The summed E-state index contributed by atoms with van der Waals surface area (Å²) < 4.78 is 11.5. The molecule has 120 valence electrons. The van der Waals surface area contributed by atoms with Crippen molar-refractivity contribution in [3.05, 3.63) is 35.9 Å². The van der Waals surface area contributed by atoms with Crippen LogP contribution in [0.15, 0.2) is 30.3 Å². The van der Waals surface area contributed by atoms with Gasteiger partial charge in [-0.2, -0.15) is 0 Å². The molecule has 0 radical (unpaired) electrons. The maximum atomic E-state index is 12.2. The highest BCUT2D eigenvalue weighted by Gasteiger charge is 2.49. The Morgan fingerprint density at radius 2 is 1.77 bits per heavy atom. The second kappa shape index (κ2) is 5.92. The van der Waals surface area contributed by atoms with Crippen molar-refractivity contribution in [3.63, 3.8) is 0 Å². The van der Waals surface area contributed by atoms with Crippen molar-refractivity contribution in [2.45, 2.75) is 70.4 Å². The molecule has 22 heavy (non-hydrogen) atoms. The predicted molar refractivity (Wildman–Crippen MR) is 84.5 cm³/mol. The van der Waals surface area contributed by atoms with E-state index in [2.05, 4.69) is 12.1 Å². The minimum absolute atomic E-state index is 0.171. The molecule has 4 rings (SSSR count). The van der Waals surface area contributed by atoms with Crippen LogP contribution in [0.1, 0.15) is 45.6 Å². The summed E-state index contributed by atoms with van der Waals surface area (Å²) in [5, 5.41) is 0. The standard InChI is InChI=1S/C18H25NO3/c1-18(2,3)22-17(20)19-14-9-15(19)11-16(10-14)21-12-13-7-5-4-6-8-13/h4-8,14-16H,9-12H2,1-3H3/t14-,15?,16?/m0/s1. The van der Waals surface area contributed by atoms with Crippen LogP contribution in [-0.4, -0.2) is 34.8 Å². The van der Waals surface area contributed by atoms with E-state index in [0.717, 1.165) is 19.3 Å². The van der Waals surface area contributed by atoms with Gasteiger partial charge in [0.25, 0.3) is 0 Å². The smallest absolute Gasteiger partial charge is 0.410 e. The van der Waals surface area contributed by atoms with Gasteiger partial charge in [-0.15, -0.1) is 0 Å². The second-order valence-electron chi connectivity index (χ2n) is 7.32. The molecule has 3 fully saturated rings. The fraction of sp³-hybridized carbons (Fsp3) is 0.611. The number of hydrogen-bond acceptors (Lipinski definition) is 3. The van der Waals surface area contributed by atoms with E-state index in [-0.39, 0.29) is 24.3 Å². The highest BCUT2D eigenvalue weighted by Crippen LogP contribution is 2.40. The molecule has 0 spiro atoms. The zero-order valence-electron chi connectivity index (χ0n) is 13.6. The molecule has 0 aromatic heterocycles. The van der Waals surface area contributed by atoms with Gasteiger partial charge in [-0.05, 0) is 45.6 Å². The Kier molecular flexibility index (Phi) is 4.13. The molecule has 0 N–H and O–H groups in total. The van der Waals surface area contributed by atoms with Gasteiger partial charge in [0.05, 0.1) is 12.7 Å². The molecule has 1 amide bonds. The third-order valence-corrected chi connectivity index (χ3v) is 4.33. The number of nitrogens with zero attached hydrogens (tertiary/aromatic N) is 1. The first-order chi connectivity index (χ1) is 10.4. The molecule has 3 aliphatic rings. The van der Waals surface area contributed by atoms with Gasteiger partial charge in [-0.1, -0.05) is 30.3 Å². The number of benzene rings is 1. The highest BCUT2D eigenvalue weighted by molar-refractivity contribution is 5.70. The van der Waals surface area contributed by atoms with Crippen LogP contribution in [0.3, 0.4) is 0 Å². The fourth-order valence-electron chi connectivity index (χ4n) is 3.36. The molecule has 1 saturated carbocycles. The average Bonchev–Trinajstić information content (AvgIpc) is 2.44. The zero-order valence-corrected chi connectivity index (χ0v) is 13.6. The first kappa shape index (κ1) is 15.3. The van der Waals surface area contributed by atoms with Crippen molar-refractivity contribution in [2.24, 2.45) is 0 Å². The molecule has 4 heteroatoms. The van der Waals surface area contributed by atoms with Crippen molar-refractivity contribution in [3.8, 4) is 0 Å². The minimum atomic E-state index is -0.426. The average molecular weight is 303 g/mol. The summed E-state index contributed by atoms with van der Waals surface area (Å²) in [5.41, 5.74) is 0.773. The Hall–Kier alpha value is -1.55. The van der Waals surface area contributed by atoms with Gasteiger partial charge in [-0.3, -0.25) is 0 Å². The van der Waals surface area contributed by atoms with E-state index in [4.69, 9.17) is 9.47 Å². The number of piperidine rings is 1. The Balaban J connectivity index is 1.49. The Morgan fingerprint density at radius 1 is 1.14 bits per heavy atom. The monoisotopic (exact) mass is 303 g/mol. The van der Waals surface area contributed by atoms with E-state index in [1.807, 2.05) is 43.9 Å². The van der Waals surface area contributed by atoms with Gasteiger partial charge in [-0.25, -0.2) is 4.79 Å². The lowest BCUT2D eigenvalue weighted by Gasteiger charge is -2.54. The molecule has 2 saturated heterocycles. The Morgan fingerprint density at radius 3 is 2.36 bits per heavy atom. The van der Waals surface area contributed by atoms with Crippen LogP contribution >= 0.6 is 0 Å². The van der Waals surface area contributed by atoms with E-state index in [1.54, 1.807) is 0 Å². The summed E-state index contributed by atoms with van der Waals surface area (Å²) >= 11 is 0. The van der Waals surface area contributed by atoms with Crippen LogP contribution in [0.2, 0.25) is 0 Å². The van der Waals surface area contributed by atoms with E-state index in [9.17, 15) is 4.79 Å². The molecule has 2 unspecified atom stereocenters. The van der Waals surface area contributed by atoms with Crippen molar-refractivity contribution in [2.75, 3.05) is 0 Å². The van der Waals surface area contributed by atoms with Crippen LogP contribution in [0.5, 0.6) is 0 Å². The van der Waals surface area contributed by atoms with Crippen molar-refractivity contribution in [1.29, 1.82) is 0 Å². The summed E-state index contributed by atoms with van der Waals surface area (Å²) in [4.78, 5) is 14.1. The van der Waals surface area contributed by atoms with Crippen molar-refractivity contribution in [1.82, 2.24) is 4.90 Å². The summed E-state index contributed by atoms with van der Waals surface area (Å²) in [6.07, 6.45) is 3.01. The third-order valence-electron chi connectivity index (χ3n) is 4.33. The zero-order chi connectivity index (χ0) is 15.7. The van der Waals surface area contributed by atoms with Crippen LogP contribution in [0.25, 0.3) is 0 Å². The van der Waals surface area contributed by atoms with Crippen LogP contribution < -0.4 is 0 Å². The van der Waals surface area contributed by atoms with Gasteiger partial charge < -0.3 is 14.4 Å². The molecular formula is C18H25NO3. The van der Waals surface area contributed by atoms with E-state index >= 15 is 0 Å². The number of fused-ring (bicyclic) bond motifs is 2. The fourth-order valence-corrected chi connectivity index (χ4v) is 3.36.